The third-order valence-corrected chi connectivity index (χ3v) is 4.73. The standard InChI is InChI=1S/C16H21NO/c1-2-12-5-3-4-6-15(12)17-16(18)14-10-11-7-8-13(14)9-11/h3-6,11,13-14H,2,7-10H2,1H3,(H,17,18)/t11-,13-,14-/m1/s1. The molecule has 2 aliphatic rings. The number of hydrogen-bond donors (Lipinski definition) is 1. The molecule has 1 N–H and O–H groups in total. The first kappa shape index (κ1) is 11.8. The Bertz CT molecular complexity index is 454. The topological polar surface area (TPSA) is 29.1 Å². The van der Waals surface area contributed by atoms with E-state index in [0.29, 0.717) is 5.92 Å². The molecular weight excluding hydrogens is 222 g/mol. The molecule has 0 radical (unpaired) electrons. The van der Waals surface area contributed by atoms with Crippen LogP contribution in [0, 0.1) is 17.8 Å². The van der Waals surface area contributed by atoms with Crippen molar-refractivity contribution in [3.05, 3.63) is 29.8 Å². The van der Waals surface area contributed by atoms with Gasteiger partial charge in [0.1, 0.15) is 0 Å². The molecular formula is C16H21NO. The van der Waals surface area contributed by atoms with E-state index in [2.05, 4.69) is 18.3 Å². The summed E-state index contributed by atoms with van der Waals surface area (Å²) in [6.45, 7) is 2.13. The van der Waals surface area contributed by atoms with Crippen molar-refractivity contribution < 1.29 is 4.79 Å². The van der Waals surface area contributed by atoms with E-state index >= 15 is 0 Å². The Morgan fingerprint density at radius 3 is 2.78 bits per heavy atom. The summed E-state index contributed by atoms with van der Waals surface area (Å²) in [7, 11) is 0. The summed E-state index contributed by atoms with van der Waals surface area (Å²) >= 11 is 0. The van der Waals surface area contributed by atoms with Gasteiger partial charge in [0.05, 0.1) is 0 Å². The molecule has 1 amide bonds. The monoisotopic (exact) mass is 243 g/mol. The second-order valence-electron chi connectivity index (χ2n) is 5.78. The molecule has 0 heterocycles. The van der Waals surface area contributed by atoms with Crippen LogP contribution in [0.4, 0.5) is 5.69 Å². The molecule has 18 heavy (non-hydrogen) atoms. The number of carbonyl (C=O) groups is 1. The fourth-order valence-corrected chi connectivity index (χ4v) is 3.74. The van der Waals surface area contributed by atoms with Gasteiger partial charge in [-0.25, -0.2) is 0 Å². The molecule has 0 spiro atoms. The van der Waals surface area contributed by atoms with Crippen molar-refractivity contribution >= 4 is 11.6 Å². The first-order valence-corrected chi connectivity index (χ1v) is 7.16. The Morgan fingerprint density at radius 2 is 2.11 bits per heavy atom. The summed E-state index contributed by atoms with van der Waals surface area (Å²) in [4.78, 5) is 12.4. The Labute approximate surface area is 109 Å². The molecule has 0 unspecified atom stereocenters. The largest absolute Gasteiger partial charge is 0.326 e. The van der Waals surface area contributed by atoms with Gasteiger partial charge in [0.25, 0.3) is 0 Å². The summed E-state index contributed by atoms with van der Waals surface area (Å²) in [5, 5.41) is 3.15. The molecule has 1 aromatic carbocycles. The van der Waals surface area contributed by atoms with Crippen LogP contribution in [0.15, 0.2) is 24.3 Å². The summed E-state index contributed by atoms with van der Waals surface area (Å²) in [5.74, 6) is 2.01. The van der Waals surface area contributed by atoms with E-state index in [1.165, 1.54) is 24.8 Å². The Morgan fingerprint density at radius 1 is 1.28 bits per heavy atom. The maximum atomic E-state index is 12.4. The minimum absolute atomic E-state index is 0.253. The van der Waals surface area contributed by atoms with Crippen LogP contribution >= 0.6 is 0 Å². The van der Waals surface area contributed by atoms with Crippen LogP contribution in [0.2, 0.25) is 0 Å². The smallest absolute Gasteiger partial charge is 0.227 e. The first-order chi connectivity index (χ1) is 8.78. The average Bonchev–Trinajstić information content (AvgIpc) is 3.01. The molecule has 2 nitrogen and oxygen atoms in total. The van der Waals surface area contributed by atoms with Crippen molar-refractivity contribution in [2.75, 3.05) is 5.32 Å². The molecule has 2 bridgehead atoms. The van der Waals surface area contributed by atoms with Crippen LogP contribution in [0.1, 0.15) is 38.2 Å². The molecule has 3 rings (SSSR count). The number of para-hydroxylation sites is 1. The molecule has 1 aromatic rings. The van der Waals surface area contributed by atoms with E-state index in [9.17, 15) is 4.79 Å². The molecule has 2 aliphatic carbocycles. The number of hydrogen-bond acceptors (Lipinski definition) is 1. The van der Waals surface area contributed by atoms with E-state index in [4.69, 9.17) is 0 Å². The highest BCUT2D eigenvalue weighted by molar-refractivity contribution is 5.93. The quantitative estimate of drug-likeness (QED) is 0.863. The molecule has 0 saturated heterocycles. The van der Waals surface area contributed by atoms with Crippen LogP contribution in [0.3, 0.4) is 0 Å². The van der Waals surface area contributed by atoms with Crippen molar-refractivity contribution in [1.82, 2.24) is 0 Å². The van der Waals surface area contributed by atoms with E-state index in [1.807, 2.05) is 18.2 Å². The summed E-state index contributed by atoms with van der Waals surface area (Å²) in [5.41, 5.74) is 2.24. The van der Waals surface area contributed by atoms with Gasteiger partial charge in [-0.1, -0.05) is 31.5 Å². The zero-order chi connectivity index (χ0) is 12.5. The van der Waals surface area contributed by atoms with Gasteiger partial charge in [0, 0.05) is 11.6 Å². The van der Waals surface area contributed by atoms with E-state index < -0.39 is 0 Å². The van der Waals surface area contributed by atoms with Gasteiger partial charge in [-0.3, -0.25) is 4.79 Å². The number of amides is 1. The highest BCUT2D eigenvalue weighted by atomic mass is 16.1. The van der Waals surface area contributed by atoms with Crippen LogP contribution in [-0.4, -0.2) is 5.91 Å². The minimum Gasteiger partial charge on any atom is -0.326 e. The number of anilines is 1. The Kier molecular flexibility index (Phi) is 3.11. The highest BCUT2D eigenvalue weighted by Crippen LogP contribution is 2.48. The van der Waals surface area contributed by atoms with Crippen molar-refractivity contribution in [3.8, 4) is 0 Å². The predicted octanol–water partition coefficient (Wildman–Crippen LogP) is 3.62. The lowest BCUT2D eigenvalue weighted by molar-refractivity contribution is -0.121. The molecule has 0 aliphatic heterocycles. The van der Waals surface area contributed by atoms with Crippen LogP contribution < -0.4 is 5.32 Å². The van der Waals surface area contributed by atoms with Gasteiger partial charge in [-0.05, 0) is 49.1 Å². The maximum absolute atomic E-state index is 12.4. The maximum Gasteiger partial charge on any atom is 0.227 e. The molecule has 2 heteroatoms. The number of aryl methyl sites for hydroxylation is 1. The lowest BCUT2D eigenvalue weighted by atomic mass is 9.88. The van der Waals surface area contributed by atoms with Gasteiger partial charge < -0.3 is 5.32 Å². The summed E-state index contributed by atoms with van der Waals surface area (Å²) < 4.78 is 0. The van der Waals surface area contributed by atoms with Gasteiger partial charge in [0.2, 0.25) is 5.91 Å². The van der Waals surface area contributed by atoms with Crippen molar-refractivity contribution in [3.63, 3.8) is 0 Å². The fourth-order valence-electron chi connectivity index (χ4n) is 3.74. The highest BCUT2D eigenvalue weighted by Gasteiger charge is 2.43. The van der Waals surface area contributed by atoms with Crippen molar-refractivity contribution in [2.24, 2.45) is 17.8 Å². The Hall–Kier alpha value is -1.31. The second-order valence-corrected chi connectivity index (χ2v) is 5.78. The van der Waals surface area contributed by atoms with E-state index in [-0.39, 0.29) is 11.8 Å². The van der Waals surface area contributed by atoms with Gasteiger partial charge in [-0.15, -0.1) is 0 Å². The Balaban J connectivity index is 1.71. The number of benzene rings is 1. The summed E-state index contributed by atoms with van der Waals surface area (Å²) in [6, 6.07) is 8.14. The van der Waals surface area contributed by atoms with Gasteiger partial charge in [0.15, 0.2) is 0 Å². The zero-order valence-corrected chi connectivity index (χ0v) is 11.0. The van der Waals surface area contributed by atoms with Crippen LogP contribution in [0.25, 0.3) is 0 Å². The minimum atomic E-state index is 0.253. The van der Waals surface area contributed by atoms with Crippen LogP contribution in [-0.2, 0) is 11.2 Å². The van der Waals surface area contributed by atoms with Crippen molar-refractivity contribution in [2.45, 2.75) is 39.0 Å². The average molecular weight is 243 g/mol. The lowest BCUT2D eigenvalue weighted by Gasteiger charge is -2.21. The number of rotatable bonds is 3. The number of nitrogens with one attached hydrogen (secondary N) is 1. The van der Waals surface area contributed by atoms with E-state index in [0.717, 1.165) is 24.4 Å². The number of carbonyl (C=O) groups excluding carboxylic acids is 1. The first-order valence-electron chi connectivity index (χ1n) is 7.16. The van der Waals surface area contributed by atoms with Gasteiger partial charge >= 0.3 is 0 Å². The molecule has 2 fully saturated rings. The normalized spacial score (nSPS) is 29.5. The lowest BCUT2D eigenvalue weighted by Crippen LogP contribution is -2.27. The molecule has 0 aromatic heterocycles. The fraction of sp³-hybridized carbons (Fsp3) is 0.562. The third kappa shape index (κ3) is 2.05. The summed E-state index contributed by atoms with van der Waals surface area (Å²) in [6.07, 6.45) is 5.98. The zero-order valence-electron chi connectivity index (χ0n) is 11.0. The van der Waals surface area contributed by atoms with E-state index in [1.54, 1.807) is 0 Å². The predicted molar refractivity (Wildman–Crippen MR) is 73.4 cm³/mol. The molecule has 3 atom stereocenters. The van der Waals surface area contributed by atoms with Crippen molar-refractivity contribution in [1.29, 1.82) is 0 Å². The number of fused-ring (bicyclic) bond motifs is 2. The molecule has 96 valence electrons. The second kappa shape index (κ2) is 4.75. The third-order valence-electron chi connectivity index (χ3n) is 4.73. The van der Waals surface area contributed by atoms with Crippen LogP contribution in [0.5, 0.6) is 0 Å². The SMILES string of the molecule is CCc1ccccc1NC(=O)[C@@H]1C[C@@H]2CC[C@@H]1C2. The molecule has 2 saturated carbocycles. The van der Waals surface area contributed by atoms with Gasteiger partial charge in [-0.2, -0.15) is 0 Å².